The number of aromatic carboxylic acids is 1. The maximum atomic E-state index is 11.7. The fourth-order valence-corrected chi connectivity index (χ4v) is 1.84. The molecule has 1 amide bonds. The van der Waals surface area contributed by atoms with Crippen LogP contribution in [0.5, 0.6) is 0 Å². The van der Waals surface area contributed by atoms with Crippen molar-refractivity contribution in [1.29, 1.82) is 0 Å². The number of nitrogens with one attached hydrogen (secondary N) is 1. The zero-order valence-corrected chi connectivity index (χ0v) is 13.2. The van der Waals surface area contributed by atoms with Crippen molar-refractivity contribution in [2.24, 2.45) is 0 Å². The van der Waals surface area contributed by atoms with E-state index in [1.54, 1.807) is 51.1 Å². The van der Waals surface area contributed by atoms with E-state index in [2.05, 4.69) is 10.3 Å². The van der Waals surface area contributed by atoms with Crippen molar-refractivity contribution in [1.82, 2.24) is 4.98 Å². The van der Waals surface area contributed by atoms with E-state index in [0.29, 0.717) is 11.4 Å². The SMILES string of the molecule is CC(C)(C)OC(=O)Nc1ccc(-c2ccc(C(=O)O)cn2)cc1. The van der Waals surface area contributed by atoms with E-state index in [9.17, 15) is 9.59 Å². The number of hydrogen-bond acceptors (Lipinski definition) is 4. The molecule has 1 aromatic heterocycles. The number of aromatic nitrogens is 1. The highest BCUT2D eigenvalue weighted by atomic mass is 16.6. The van der Waals surface area contributed by atoms with E-state index in [-0.39, 0.29) is 5.56 Å². The minimum atomic E-state index is -1.01. The van der Waals surface area contributed by atoms with Crippen molar-refractivity contribution >= 4 is 17.7 Å². The summed E-state index contributed by atoms with van der Waals surface area (Å²) in [5.41, 5.74) is 1.65. The maximum absolute atomic E-state index is 11.7. The smallest absolute Gasteiger partial charge is 0.412 e. The average molecular weight is 314 g/mol. The molecule has 0 aliphatic rings. The summed E-state index contributed by atoms with van der Waals surface area (Å²) in [7, 11) is 0. The Kier molecular flexibility index (Phi) is 4.64. The van der Waals surface area contributed by atoms with Crippen molar-refractivity contribution in [2.45, 2.75) is 26.4 Å². The Balaban J connectivity index is 2.07. The standard InChI is InChI=1S/C17H18N2O4/c1-17(2,3)23-16(22)19-13-7-4-11(5-8-13)14-9-6-12(10-18-14)15(20)21/h4-10H,1-3H3,(H,19,22)(H,20,21). The second-order valence-corrected chi connectivity index (χ2v) is 5.94. The van der Waals surface area contributed by atoms with Crippen molar-refractivity contribution < 1.29 is 19.4 Å². The molecule has 0 aliphatic carbocycles. The molecule has 1 aromatic carbocycles. The highest BCUT2D eigenvalue weighted by Gasteiger charge is 2.16. The van der Waals surface area contributed by atoms with Gasteiger partial charge in [0.15, 0.2) is 0 Å². The third-order valence-corrected chi connectivity index (χ3v) is 2.84. The number of nitrogens with zero attached hydrogens (tertiary/aromatic N) is 1. The first-order valence-corrected chi connectivity index (χ1v) is 7.04. The van der Waals surface area contributed by atoms with Crippen LogP contribution in [-0.2, 0) is 4.74 Å². The molecule has 23 heavy (non-hydrogen) atoms. The van der Waals surface area contributed by atoms with Gasteiger partial charge in [0.2, 0.25) is 0 Å². The molecular formula is C17H18N2O4. The van der Waals surface area contributed by atoms with Gasteiger partial charge >= 0.3 is 12.1 Å². The van der Waals surface area contributed by atoms with E-state index in [1.165, 1.54) is 12.3 Å². The summed E-state index contributed by atoms with van der Waals surface area (Å²) in [5, 5.41) is 11.5. The van der Waals surface area contributed by atoms with Crippen LogP contribution >= 0.6 is 0 Å². The van der Waals surface area contributed by atoms with Gasteiger partial charge in [-0.25, -0.2) is 9.59 Å². The first-order valence-electron chi connectivity index (χ1n) is 7.04. The number of ether oxygens (including phenoxy) is 1. The normalized spacial score (nSPS) is 10.9. The molecule has 0 saturated heterocycles. The summed E-state index contributed by atoms with van der Waals surface area (Å²) in [6.07, 6.45) is 0.791. The summed E-state index contributed by atoms with van der Waals surface area (Å²) >= 11 is 0. The first-order chi connectivity index (χ1) is 10.7. The van der Waals surface area contributed by atoms with Crippen LogP contribution in [0.3, 0.4) is 0 Å². The largest absolute Gasteiger partial charge is 0.478 e. The van der Waals surface area contributed by atoms with E-state index in [0.717, 1.165) is 5.56 Å². The van der Waals surface area contributed by atoms with Gasteiger partial charge < -0.3 is 9.84 Å². The molecule has 2 aromatic rings. The summed E-state index contributed by atoms with van der Waals surface area (Å²) in [6, 6.07) is 10.2. The lowest BCUT2D eigenvalue weighted by atomic mass is 10.1. The molecule has 0 aliphatic heterocycles. The van der Waals surface area contributed by atoms with Crippen molar-refractivity contribution in [2.75, 3.05) is 5.32 Å². The molecule has 2 rings (SSSR count). The molecule has 0 spiro atoms. The first kappa shape index (κ1) is 16.5. The number of carboxylic acid groups (broad SMARTS) is 1. The molecule has 1 heterocycles. The molecule has 0 unspecified atom stereocenters. The van der Waals surface area contributed by atoms with Gasteiger partial charge in [0, 0.05) is 17.4 Å². The molecule has 2 N–H and O–H groups in total. The zero-order valence-electron chi connectivity index (χ0n) is 13.2. The quantitative estimate of drug-likeness (QED) is 0.899. The second-order valence-electron chi connectivity index (χ2n) is 5.94. The molecule has 0 fully saturated rings. The molecule has 6 heteroatoms. The van der Waals surface area contributed by atoms with E-state index < -0.39 is 17.7 Å². The van der Waals surface area contributed by atoms with Crippen LogP contribution in [0.4, 0.5) is 10.5 Å². The Hall–Kier alpha value is -2.89. The monoisotopic (exact) mass is 314 g/mol. The van der Waals surface area contributed by atoms with Gasteiger partial charge in [0.05, 0.1) is 11.3 Å². The fourth-order valence-electron chi connectivity index (χ4n) is 1.84. The van der Waals surface area contributed by atoms with E-state index in [4.69, 9.17) is 9.84 Å². The minimum Gasteiger partial charge on any atom is -0.478 e. The zero-order chi connectivity index (χ0) is 17.0. The third-order valence-electron chi connectivity index (χ3n) is 2.84. The number of carboxylic acids is 1. The molecule has 0 radical (unpaired) electrons. The Morgan fingerprint density at radius 2 is 1.74 bits per heavy atom. The van der Waals surface area contributed by atoms with Crippen LogP contribution in [0.2, 0.25) is 0 Å². The van der Waals surface area contributed by atoms with Gasteiger partial charge in [-0.3, -0.25) is 10.3 Å². The van der Waals surface area contributed by atoms with Crippen molar-refractivity contribution in [3.8, 4) is 11.3 Å². The third kappa shape index (κ3) is 4.81. The van der Waals surface area contributed by atoms with Crippen LogP contribution in [0.1, 0.15) is 31.1 Å². The lowest BCUT2D eigenvalue weighted by molar-refractivity contribution is 0.0634. The number of carbonyl (C=O) groups excluding carboxylic acids is 1. The Morgan fingerprint density at radius 1 is 1.09 bits per heavy atom. The van der Waals surface area contributed by atoms with Crippen LogP contribution in [0.15, 0.2) is 42.6 Å². The lowest BCUT2D eigenvalue weighted by Gasteiger charge is -2.19. The summed E-state index contributed by atoms with van der Waals surface area (Å²) in [4.78, 5) is 26.6. The number of hydrogen-bond donors (Lipinski definition) is 2. The van der Waals surface area contributed by atoms with Crippen LogP contribution in [0, 0.1) is 0 Å². The predicted octanol–water partition coefficient (Wildman–Crippen LogP) is 3.79. The van der Waals surface area contributed by atoms with Gasteiger partial charge in [-0.05, 0) is 45.0 Å². The van der Waals surface area contributed by atoms with Gasteiger partial charge in [0.1, 0.15) is 5.60 Å². The Bertz CT molecular complexity index is 701. The maximum Gasteiger partial charge on any atom is 0.412 e. The molecule has 120 valence electrons. The number of rotatable bonds is 3. The van der Waals surface area contributed by atoms with E-state index >= 15 is 0 Å². The molecule has 0 atom stereocenters. The van der Waals surface area contributed by atoms with Gasteiger partial charge in [-0.1, -0.05) is 12.1 Å². The van der Waals surface area contributed by atoms with Gasteiger partial charge in [-0.15, -0.1) is 0 Å². The predicted molar refractivity (Wildman–Crippen MR) is 86.5 cm³/mol. The van der Waals surface area contributed by atoms with Gasteiger partial charge in [-0.2, -0.15) is 0 Å². The number of anilines is 1. The number of carbonyl (C=O) groups is 2. The van der Waals surface area contributed by atoms with Crippen LogP contribution in [0.25, 0.3) is 11.3 Å². The molecular weight excluding hydrogens is 296 g/mol. The summed E-state index contributed by atoms with van der Waals surface area (Å²) in [6.45, 7) is 5.38. The number of pyridine rings is 1. The Morgan fingerprint density at radius 3 is 2.22 bits per heavy atom. The highest BCUT2D eigenvalue weighted by molar-refractivity contribution is 5.87. The summed E-state index contributed by atoms with van der Waals surface area (Å²) < 4.78 is 5.17. The Labute approximate surface area is 134 Å². The van der Waals surface area contributed by atoms with Crippen molar-refractivity contribution in [3.05, 3.63) is 48.2 Å². The minimum absolute atomic E-state index is 0.136. The number of benzene rings is 1. The topological polar surface area (TPSA) is 88.5 Å². The van der Waals surface area contributed by atoms with Gasteiger partial charge in [0.25, 0.3) is 0 Å². The lowest BCUT2D eigenvalue weighted by Crippen LogP contribution is -2.27. The second kappa shape index (κ2) is 6.48. The molecule has 0 bridgehead atoms. The van der Waals surface area contributed by atoms with Crippen molar-refractivity contribution in [3.63, 3.8) is 0 Å². The average Bonchev–Trinajstić information content (AvgIpc) is 2.46. The number of amides is 1. The van der Waals surface area contributed by atoms with Crippen LogP contribution in [-0.4, -0.2) is 27.8 Å². The van der Waals surface area contributed by atoms with Crippen LogP contribution < -0.4 is 5.32 Å². The highest BCUT2D eigenvalue weighted by Crippen LogP contribution is 2.20. The fraction of sp³-hybridized carbons (Fsp3) is 0.235. The summed E-state index contributed by atoms with van der Waals surface area (Å²) in [5.74, 6) is -1.01. The molecule has 6 nitrogen and oxygen atoms in total. The molecule has 0 saturated carbocycles. The van der Waals surface area contributed by atoms with E-state index in [1.807, 2.05) is 0 Å².